The highest BCUT2D eigenvalue weighted by Gasteiger charge is 2.81. The van der Waals surface area contributed by atoms with Gasteiger partial charge >= 0.3 is 23.9 Å². The monoisotopic (exact) mass is 636 g/mol. The maximum atomic E-state index is 14.4. The Morgan fingerprint density at radius 3 is 1.64 bits per heavy atom. The lowest BCUT2D eigenvalue weighted by Gasteiger charge is -2.35. The summed E-state index contributed by atoms with van der Waals surface area (Å²) >= 11 is 1.91. The average Bonchev–Trinajstić information content (AvgIpc) is 3.26. The quantitative estimate of drug-likeness (QED) is 0.199. The minimum atomic E-state index is -6.90. The summed E-state index contributed by atoms with van der Waals surface area (Å²) < 4.78 is 127. The lowest BCUT2D eigenvalue weighted by Crippen LogP contribution is -2.61. The molecule has 2 aromatic carbocycles. The van der Waals surface area contributed by atoms with Crippen molar-refractivity contribution in [3.05, 3.63) is 80.9 Å². The van der Waals surface area contributed by atoms with Crippen LogP contribution < -0.4 is 0 Å². The molecule has 1 fully saturated rings. The molecular formula is C25H22F9IO. The van der Waals surface area contributed by atoms with Gasteiger partial charge in [-0.15, -0.1) is 0 Å². The van der Waals surface area contributed by atoms with Crippen molar-refractivity contribution in [2.75, 3.05) is 13.2 Å². The first-order valence-electron chi connectivity index (χ1n) is 10.9. The van der Waals surface area contributed by atoms with Crippen molar-refractivity contribution >= 4 is 22.6 Å². The fraction of sp³-hybridized carbons (Fsp3) is 0.440. The molecule has 0 aromatic heterocycles. The van der Waals surface area contributed by atoms with Crippen LogP contribution in [0.4, 0.5) is 39.5 Å². The van der Waals surface area contributed by atoms with Crippen LogP contribution in [0, 0.1) is 11.8 Å². The highest BCUT2D eigenvalue weighted by atomic mass is 127. The molecule has 1 aliphatic heterocycles. The molecular weight excluding hydrogens is 614 g/mol. The molecule has 0 bridgehead atoms. The lowest BCUT2D eigenvalue weighted by atomic mass is 9.84. The van der Waals surface area contributed by atoms with Gasteiger partial charge in [0.2, 0.25) is 0 Å². The van der Waals surface area contributed by atoms with Gasteiger partial charge in [0.1, 0.15) is 0 Å². The Kier molecular flexibility index (Phi) is 8.74. The first-order valence-corrected chi connectivity index (χ1v) is 12.0. The minimum absolute atomic E-state index is 0.146. The predicted octanol–water partition coefficient (Wildman–Crippen LogP) is 8.28. The Hall–Kier alpha value is -1.76. The molecule has 198 valence electrons. The summed E-state index contributed by atoms with van der Waals surface area (Å²) in [6, 6.07) is 18.3. The van der Waals surface area contributed by atoms with Crippen LogP contribution in [-0.2, 0) is 17.6 Å². The third-order valence-corrected chi connectivity index (χ3v) is 7.67. The molecule has 36 heavy (non-hydrogen) atoms. The maximum Gasteiger partial charge on any atom is 0.460 e. The van der Waals surface area contributed by atoms with Crippen molar-refractivity contribution in [3.63, 3.8) is 0 Å². The fourth-order valence-electron chi connectivity index (χ4n) is 4.12. The molecule has 3 rings (SSSR count). The van der Waals surface area contributed by atoms with E-state index in [-0.39, 0.29) is 6.61 Å². The molecule has 2 aromatic rings. The Balaban J connectivity index is 1.92. The van der Waals surface area contributed by atoms with Crippen LogP contribution in [0.1, 0.15) is 17.5 Å². The van der Waals surface area contributed by atoms with E-state index in [0.717, 1.165) is 16.7 Å². The van der Waals surface area contributed by atoms with Crippen LogP contribution in [0.3, 0.4) is 0 Å². The third kappa shape index (κ3) is 6.03. The number of halogens is 10. The van der Waals surface area contributed by atoms with Crippen molar-refractivity contribution in [1.29, 1.82) is 0 Å². The van der Waals surface area contributed by atoms with Crippen LogP contribution in [0.25, 0.3) is 0 Å². The maximum absolute atomic E-state index is 14.4. The van der Waals surface area contributed by atoms with Crippen LogP contribution >= 0.6 is 22.6 Å². The second-order valence-electron chi connectivity index (χ2n) is 8.74. The molecule has 0 spiro atoms. The van der Waals surface area contributed by atoms with Crippen LogP contribution in [-0.4, -0.2) is 37.2 Å². The van der Waals surface area contributed by atoms with E-state index in [9.17, 15) is 39.5 Å². The molecule has 1 heterocycles. The zero-order valence-electron chi connectivity index (χ0n) is 18.7. The van der Waals surface area contributed by atoms with Gasteiger partial charge in [-0.05, 0) is 56.1 Å². The highest BCUT2D eigenvalue weighted by Crippen LogP contribution is 2.55. The molecule has 1 aliphatic rings. The van der Waals surface area contributed by atoms with Crippen molar-refractivity contribution in [2.24, 2.45) is 11.8 Å². The van der Waals surface area contributed by atoms with E-state index in [0.29, 0.717) is 16.4 Å². The SMILES string of the molecule is FC(F)(F)C(F)(F)C(F)(F)C(F)(F)CC1COCC1C(I)=C(Cc1ccccc1)Cc1ccccc1. The molecule has 11 heteroatoms. The summed E-state index contributed by atoms with van der Waals surface area (Å²) in [4.78, 5) is 0. The molecule has 0 amide bonds. The molecule has 1 saturated heterocycles. The zero-order chi connectivity index (χ0) is 26.8. The van der Waals surface area contributed by atoms with Gasteiger partial charge in [-0.1, -0.05) is 66.2 Å². The van der Waals surface area contributed by atoms with E-state index in [1.54, 1.807) is 0 Å². The largest absolute Gasteiger partial charge is 0.460 e. The summed E-state index contributed by atoms with van der Waals surface area (Å²) in [7, 11) is 0. The van der Waals surface area contributed by atoms with Crippen molar-refractivity contribution in [2.45, 2.75) is 43.2 Å². The molecule has 0 saturated carbocycles. The minimum Gasteiger partial charge on any atom is -0.380 e. The van der Waals surface area contributed by atoms with Crippen molar-refractivity contribution < 1.29 is 44.3 Å². The Morgan fingerprint density at radius 2 is 1.19 bits per heavy atom. The van der Waals surface area contributed by atoms with Gasteiger partial charge in [-0.25, -0.2) is 0 Å². The van der Waals surface area contributed by atoms with Crippen molar-refractivity contribution in [3.8, 4) is 0 Å². The Labute approximate surface area is 215 Å². The van der Waals surface area contributed by atoms with E-state index < -0.39 is 48.8 Å². The van der Waals surface area contributed by atoms with Crippen LogP contribution in [0.5, 0.6) is 0 Å². The topological polar surface area (TPSA) is 9.23 Å². The number of benzene rings is 2. The smallest absolute Gasteiger partial charge is 0.380 e. The van der Waals surface area contributed by atoms with E-state index in [1.165, 1.54) is 0 Å². The lowest BCUT2D eigenvalue weighted by molar-refractivity contribution is -0.397. The zero-order valence-corrected chi connectivity index (χ0v) is 20.8. The average molecular weight is 636 g/mol. The summed E-state index contributed by atoms with van der Waals surface area (Å²) in [6.45, 7) is -0.613. The normalized spacial score (nSPS) is 19.4. The van der Waals surface area contributed by atoms with Crippen molar-refractivity contribution in [1.82, 2.24) is 0 Å². The van der Waals surface area contributed by atoms with Gasteiger partial charge in [0.15, 0.2) is 0 Å². The first kappa shape index (κ1) is 28.8. The fourth-order valence-corrected chi connectivity index (χ4v) is 5.19. The van der Waals surface area contributed by atoms with Gasteiger partial charge in [0.05, 0.1) is 13.2 Å². The summed E-state index contributed by atoms with van der Waals surface area (Å²) in [5, 5.41) is 0. The second-order valence-corrected chi connectivity index (χ2v) is 9.90. The number of allylic oxidation sites excluding steroid dienone is 1. The number of alkyl halides is 9. The van der Waals surface area contributed by atoms with Gasteiger partial charge in [0, 0.05) is 12.3 Å². The molecule has 1 nitrogen and oxygen atoms in total. The van der Waals surface area contributed by atoms with E-state index >= 15 is 0 Å². The predicted molar refractivity (Wildman–Crippen MR) is 125 cm³/mol. The summed E-state index contributed by atoms with van der Waals surface area (Å²) in [6.07, 6.45) is -7.92. The van der Waals surface area contributed by atoms with Gasteiger partial charge < -0.3 is 4.74 Å². The summed E-state index contributed by atoms with van der Waals surface area (Å²) in [5.41, 5.74) is 2.58. The van der Waals surface area contributed by atoms with Crippen LogP contribution in [0.2, 0.25) is 0 Å². The first-order chi connectivity index (χ1) is 16.7. The van der Waals surface area contributed by atoms with Gasteiger partial charge in [-0.3, -0.25) is 0 Å². The second kappa shape index (κ2) is 10.9. The van der Waals surface area contributed by atoms with E-state index in [4.69, 9.17) is 4.74 Å². The molecule has 2 unspecified atom stereocenters. The highest BCUT2D eigenvalue weighted by molar-refractivity contribution is 14.1. The standard InChI is InChI=1S/C25H22F9IO/c26-22(27,23(28,29)24(30,31)25(32,33)34)13-19-14-36-15-20(19)21(35)18(11-16-7-3-1-4-8-16)12-17-9-5-2-6-10-17/h1-10,19-20H,11-15H2. The molecule has 0 N–H and O–H groups in total. The Bertz CT molecular complexity index is 993. The van der Waals surface area contributed by atoms with Crippen LogP contribution in [0.15, 0.2) is 69.8 Å². The summed E-state index contributed by atoms with van der Waals surface area (Å²) in [5.74, 6) is -21.4. The van der Waals surface area contributed by atoms with Gasteiger partial charge in [-0.2, -0.15) is 39.5 Å². The molecule has 0 aliphatic carbocycles. The number of rotatable bonds is 9. The van der Waals surface area contributed by atoms with Gasteiger partial charge in [0.25, 0.3) is 0 Å². The third-order valence-electron chi connectivity index (χ3n) is 6.11. The van der Waals surface area contributed by atoms with E-state index in [1.807, 2.05) is 83.3 Å². The Morgan fingerprint density at radius 1 is 0.722 bits per heavy atom. The van der Waals surface area contributed by atoms with E-state index in [2.05, 4.69) is 0 Å². The molecule has 2 atom stereocenters. The number of hydrogen-bond donors (Lipinski definition) is 0. The number of ether oxygens (including phenoxy) is 1. The number of hydrogen-bond acceptors (Lipinski definition) is 1. The molecule has 0 radical (unpaired) electrons.